The Morgan fingerprint density at radius 3 is 2.79 bits per heavy atom. The van der Waals surface area contributed by atoms with Crippen LogP contribution in [0.25, 0.3) is 0 Å². The molecule has 1 aromatic heterocycles. The van der Waals surface area contributed by atoms with Crippen molar-refractivity contribution in [2.24, 2.45) is 0 Å². The lowest BCUT2D eigenvalue weighted by Crippen LogP contribution is -2.24. The van der Waals surface area contributed by atoms with Crippen LogP contribution in [-0.4, -0.2) is 27.9 Å². The molecule has 1 rings (SSSR count). The lowest BCUT2D eigenvalue weighted by Gasteiger charge is -2.13. The number of aromatic nitrogens is 3. The van der Waals surface area contributed by atoms with Gasteiger partial charge in [-0.25, -0.2) is 9.67 Å². The van der Waals surface area contributed by atoms with E-state index >= 15 is 0 Å². The average molecular weight is 194 g/mol. The van der Waals surface area contributed by atoms with Crippen LogP contribution in [0.2, 0.25) is 0 Å². The monoisotopic (exact) mass is 194 g/mol. The highest BCUT2D eigenvalue weighted by Gasteiger charge is 2.09. The van der Waals surface area contributed by atoms with Crippen LogP contribution in [0, 0.1) is 13.8 Å². The lowest BCUT2D eigenvalue weighted by molar-refractivity contribution is 0.451. The third-order valence-electron chi connectivity index (χ3n) is 2.05. The molecule has 4 nitrogen and oxygen atoms in total. The molecule has 14 heavy (non-hydrogen) atoms. The summed E-state index contributed by atoms with van der Waals surface area (Å²) in [7, 11) is 0. The van der Waals surface area contributed by atoms with Gasteiger partial charge >= 0.3 is 0 Å². The first-order chi connectivity index (χ1) is 6.65. The summed E-state index contributed by atoms with van der Waals surface area (Å²) < 4.78 is 1.95. The second-order valence-electron chi connectivity index (χ2n) is 3.45. The molecule has 1 N–H and O–H groups in total. The summed E-state index contributed by atoms with van der Waals surface area (Å²) in [6.45, 7) is 11.4. The molecule has 1 atom stereocenters. The van der Waals surface area contributed by atoms with E-state index in [1.807, 2.05) is 24.6 Å². The Morgan fingerprint density at radius 2 is 2.29 bits per heavy atom. The van der Waals surface area contributed by atoms with Crippen molar-refractivity contribution >= 4 is 0 Å². The van der Waals surface area contributed by atoms with E-state index in [0.717, 1.165) is 24.7 Å². The molecule has 0 aliphatic rings. The molecule has 0 spiro atoms. The van der Waals surface area contributed by atoms with Gasteiger partial charge in [0.15, 0.2) is 0 Å². The normalized spacial score (nSPS) is 12.8. The Hall–Kier alpha value is -1.16. The van der Waals surface area contributed by atoms with E-state index in [-0.39, 0.29) is 0 Å². The van der Waals surface area contributed by atoms with Crippen molar-refractivity contribution in [2.75, 3.05) is 13.1 Å². The molecular weight excluding hydrogens is 176 g/mol. The Morgan fingerprint density at radius 1 is 1.57 bits per heavy atom. The minimum Gasteiger partial charge on any atom is -0.311 e. The zero-order valence-electron chi connectivity index (χ0n) is 9.12. The largest absolute Gasteiger partial charge is 0.311 e. The molecule has 0 aromatic carbocycles. The van der Waals surface area contributed by atoms with Crippen LogP contribution in [0.1, 0.15) is 24.6 Å². The topological polar surface area (TPSA) is 42.7 Å². The van der Waals surface area contributed by atoms with Gasteiger partial charge in [0.25, 0.3) is 0 Å². The maximum Gasteiger partial charge on any atom is 0.147 e. The summed E-state index contributed by atoms with van der Waals surface area (Å²) in [6.07, 6.45) is 1.85. The summed E-state index contributed by atoms with van der Waals surface area (Å²) in [6, 6.07) is 0.330. The van der Waals surface area contributed by atoms with Crippen molar-refractivity contribution in [1.29, 1.82) is 0 Å². The number of hydrogen-bond donors (Lipinski definition) is 1. The van der Waals surface area contributed by atoms with Gasteiger partial charge in [-0.15, -0.1) is 6.58 Å². The van der Waals surface area contributed by atoms with Gasteiger partial charge in [-0.1, -0.05) is 6.08 Å². The fourth-order valence-electron chi connectivity index (χ4n) is 1.43. The van der Waals surface area contributed by atoms with Crippen molar-refractivity contribution < 1.29 is 0 Å². The molecule has 0 saturated carbocycles. The van der Waals surface area contributed by atoms with Crippen LogP contribution in [0.5, 0.6) is 0 Å². The number of nitrogens with one attached hydrogen (secondary N) is 1. The SMILES string of the molecule is C=CCNCC(C)n1nc(C)nc1C. The van der Waals surface area contributed by atoms with Gasteiger partial charge < -0.3 is 5.32 Å². The van der Waals surface area contributed by atoms with Crippen LogP contribution < -0.4 is 5.32 Å². The van der Waals surface area contributed by atoms with Gasteiger partial charge in [0.2, 0.25) is 0 Å². The minimum absolute atomic E-state index is 0.330. The number of rotatable bonds is 5. The van der Waals surface area contributed by atoms with E-state index in [0.29, 0.717) is 6.04 Å². The summed E-state index contributed by atoms with van der Waals surface area (Å²) in [5.41, 5.74) is 0. The Balaban J connectivity index is 2.55. The van der Waals surface area contributed by atoms with E-state index in [1.165, 1.54) is 0 Å². The first kappa shape index (κ1) is 10.9. The van der Waals surface area contributed by atoms with Gasteiger partial charge in [0.1, 0.15) is 11.6 Å². The molecule has 0 bridgehead atoms. The highest BCUT2D eigenvalue weighted by atomic mass is 15.4. The summed E-state index contributed by atoms with van der Waals surface area (Å²) >= 11 is 0. The van der Waals surface area contributed by atoms with E-state index < -0.39 is 0 Å². The van der Waals surface area contributed by atoms with Crippen molar-refractivity contribution in [3.05, 3.63) is 24.3 Å². The van der Waals surface area contributed by atoms with Gasteiger partial charge in [0, 0.05) is 13.1 Å². The second kappa shape index (κ2) is 4.91. The van der Waals surface area contributed by atoms with Crippen molar-refractivity contribution in [2.45, 2.75) is 26.8 Å². The molecule has 0 radical (unpaired) electrons. The molecule has 4 heteroatoms. The van der Waals surface area contributed by atoms with Crippen LogP contribution in [0.15, 0.2) is 12.7 Å². The summed E-state index contributed by atoms with van der Waals surface area (Å²) in [4.78, 5) is 4.26. The van der Waals surface area contributed by atoms with Crippen LogP contribution >= 0.6 is 0 Å². The zero-order chi connectivity index (χ0) is 10.6. The smallest absolute Gasteiger partial charge is 0.147 e. The Bertz CT molecular complexity index is 303. The minimum atomic E-state index is 0.330. The quantitative estimate of drug-likeness (QED) is 0.566. The number of nitrogens with zero attached hydrogens (tertiary/aromatic N) is 3. The number of aryl methyl sites for hydroxylation is 2. The van der Waals surface area contributed by atoms with Gasteiger partial charge in [-0.3, -0.25) is 0 Å². The molecule has 0 amide bonds. The van der Waals surface area contributed by atoms with Gasteiger partial charge in [-0.2, -0.15) is 5.10 Å². The lowest BCUT2D eigenvalue weighted by atomic mass is 10.3. The van der Waals surface area contributed by atoms with Crippen LogP contribution in [-0.2, 0) is 0 Å². The summed E-state index contributed by atoms with van der Waals surface area (Å²) in [5.74, 6) is 1.80. The predicted octanol–water partition coefficient (Wildman–Crippen LogP) is 1.23. The first-order valence-electron chi connectivity index (χ1n) is 4.86. The van der Waals surface area contributed by atoms with Crippen LogP contribution in [0.3, 0.4) is 0 Å². The molecule has 1 unspecified atom stereocenters. The fraction of sp³-hybridized carbons (Fsp3) is 0.600. The average Bonchev–Trinajstić information content (AvgIpc) is 2.45. The Kier molecular flexibility index (Phi) is 3.83. The molecule has 0 aliphatic heterocycles. The van der Waals surface area contributed by atoms with Crippen molar-refractivity contribution in [3.8, 4) is 0 Å². The maximum absolute atomic E-state index is 4.33. The Labute approximate surface area is 85.0 Å². The fourth-order valence-corrected chi connectivity index (χ4v) is 1.43. The van der Waals surface area contributed by atoms with Crippen molar-refractivity contribution in [3.63, 3.8) is 0 Å². The molecular formula is C10H18N4. The zero-order valence-corrected chi connectivity index (χ0v) is 9.12. The molecule has 1 heterocycles. The summed E-state index contributed by atoms with van der Waals surface area (Å²) in [5, 5.41) is 7.59. The number of hydrogen-bond acceptors (Lipinski definition) is 3. The molecule has 0 fully saturated rings. The van der Waals surface area contributed by atoms with E-state index in [9.17, 15) is 0 Å². The standard InChI is InChI=1S/C10H18N4/c1-5-6-11-7-8(2)14-10(4)12-9(3)13-14/h5,8,11H,1,6-7H2,2-4H3. The predicted molar refractivity (Wildman–Crippen MR) is 57.3 cm³/mol. The third-order valence-corrected chi connectivity index (χ3v) is 2.05. The molecule has 1 aromatic rings. The van der Waals surface area contributed by atoms with Gasteiger partial charge in [-0.05, 0) is 20.8 Å². The van der Waals surface area contributed by atoms with E-state index in [2.05, 4.69) is 28.9 Å². The second-order valence-corrected chi connectivity index (χ2v) is 3.45. The van der Waals surface area contributed by atoms with Gasteiger partial charge in [0.05, 0.1) is 6.04 Å². The van der Waals surface area contributed by atoms with Crippen molar-refractivity contribution in [1.82, 2.24) is 20.1 Å². The molecule has 0 aliphatic carbocycles. The third kappa shape index (κ3) is 2.67. The highest BCUT2D eigenvalue weighted by molar-refractivity contribution is 4.90. The first-order valence-corrected chi connectivity index (χ1v) is 4.86. The van der Waals surface area contributed by atoms with Crippen LogP contribution in [0.4, 0.5) is 0 Å². The maximum atomic E-state index is 4.33. The highest BCUT2D eigenvalue weighted by Crippen LogP contribution is 2.05. The van der Waals surface area contributed by atoms with E-state index in [4.69, 9.17) is 0 Å². The molecule has 0 saturated heterocycles. The van der Waals surface area contributed by atoms with E-state index in [1.54, 1.807) is 0 Å². The molecule has 78 valence electrons.